The monoisotopic (exact) mass is 452 g/mol. The molecule has 168 valence electrons. The number of nitrogens with two attached hydrogens (primary N) is 1. The number of rotatable bonds is 5. The van der Waals surface area contributed by atoms with Gasteiger partial charge in [-0.25, -0.2) is 0 Å². The van der Waals surface area contributed by atoms with Crippen LogP contribution in [0.4, 0.5) is 0 Å². The van der Waals surface area contributed by atoms with Crippen molar-refractivity contribution in [2.45, 2.75) is 6.54 Å². The summed E-state index contributed by atoms with van der Waals surface area (Å²) < 4.78 is 6.17. The van der Waals surface area contributed by atoms with Gasteiger partial charge in [-0.05, 0) is 46.5 Å². The third-order valence-electron chi connectivity index (χ3n) is 6.35. The maximum absolute atomic E-state index is 6.58. The summed E-state index contributed by atoms with van der Waals surface area (Å²) in [6.45, 7) is 0.444. The van der Waals surface area contributed by atoms with E-state index in [2.05, 4.69) is 91.0 Å². The minimum absolute atomic E-state index is 0.444. The van der Waals surface area contributed by atoms with E-state index in [0.29, 0.717) is 12.4 Å². The predicted molar refractivity (Wildman–Crippen MR) is 145 cm³/mol. The van der Waals surface area contributed by atoms with Gasteiger partial charge < -0.3 is 10.2 Å². The lowest BCUT2D eigenvalue weighted by molar-refractivity contribution is 0.663. The van der Waals surface area contributed by atoms with Crippen molar-refractivity contribution in [2.75, 3.05) is 0 Å². The zero-order valence-corrected chi connectivity index (χ0v) is 19.2. The van der Waals surface area contributed by atoms with Crippen molar-refractivity contribution in [2.24, 2.45) is 10.7 Å². The quantitative estimate of drug-likeness (QED) is 0.214. The summed E-state index contributed by atoms with van der Waals surface area (Å²) in [6.07, 6.45) is 0. The highest BCUT2D eigenvalue weighted by molar-refractivity contribution is 6.06. The third-order valence-corrected chi connectivity index (χ3v) is 6.35. The number of hydrogen-bond acceptors (Lipinski definition) is 2. The molecule has 3 heteroatoms. The van der Waals surface area contributed by atoms with Gasteiger partial charge in [0.25, 0.3) is 0 Å². The molecule has 0 fully saturated rings. The first kappa shape index (κ1) is 20.9. The highest BCUT2D eigenvalue weighted by atomic mass is 16.3. The van der Waals surface area contributed by atoms with Crippen molar-refractivity contribution in [3.63, 3.8) is 0 Å². The first-order chi connectivity index (χ1) is 17.3. The zero-order valence-electron chi connectivity index (χ0n) is 19.2. The number of amidine groups is 1. The van der Waals surface area contributed by atoms with Crippen LogP contribution in [0.15, 0.2) is 131 Å². The van der Waals surface area contributed by atoms with Crippen molar-refractivity contribution in [3.05, 3.63) is 132 Å². The summed E-state index contributed by atoms with van der Waals surface area (Å²) in [4.78, 5) is 4.79. The Morgan fingerprint density at radius 2 is 1.20 bits per heavy atom. The lowest BCUT2D eigenvalue weighted by atomic mass is 9.96. The van der Waals surface area contributed by atoms with Gasteiger partial charge in [0.15, 0.2) is 0 Å². The Bertz CT molecular complexity index is 1610. The van der Waals surface area contributed by atoms with Gasteiger partial charge in [-0.15, -0.1) is 0 Å². The molecule has 6 rings (SSSR count). The molecule has 0 aliphatic carbocycles. The summed E-state index contributed by atoms with van der Waals surface area (Å²) in [7, 11) is 0. The van der Waals surface area contributed by atoms with Crippen LogP contribution >= 0.6 is 0 Å². The van der Waals surface area contributed by atoms with Gasteiger partial charge in [0.05, 0.1) is 6.54 Å². The Kier molecular flexibility index (Phi) is 5.36. The van der Waals surface area contributed by atoms with E-state index < -0.39 is 0 Å². The second kappa shape index (κ2) is 8.96. The molecule has 2 N–H and O–H groups in total. The average Bonchev–Trinajstić information content (AvgIpc) is 3.32. The van der Waals surface area contributed by atoms with Crippen molar-refractivity contribution < 1.29 is 4.42 Å². The highest BCUT2D eigenvalue weighted by Gasteiger charge is 2.11. The number of fused-ring (bicyclic) bond motifs is 3. The molecular weight excluding hydrogens is 428 g/mol. The molecule has 0 aliphatic rings. The molecule has 6 aromatic rings. The van der Waals surface area contributed by atoms with Crippen molar-refractivity contribution in [1.29, 1.82) is 0 Å². The average molecular weight is 453 g/mol. The van der Waals surface area contributed by atoms with Gasteiger partial charge >= 0.3 is 0 Å². The number of benzene rings is 5. The van der Waals surface area contributed by atoms with Gasteiger partial charge in [-0.1, -0.05) is 97.1 Å². The van der Waals surface area contributed by atoms with E-state index in [1.165, 1.54) is 0 Å². The summed E-state index contributed by atoms with van der Waals surface area (Å²) in [5.74, 6) is 0.507. The van der Waals surface area contributed by atoms with Crippen LogP contribution in [0.1, 0.15) is 11.1 Å². The second-order valence-corrected chi connectivity index (χ2v) is 8.62. The summed E-state index contributed by atoms with van der Waals surface area (Å²) in [6, 6.07) is 41.4. The molecule has 0 amide bonds. The first-order valence-corrected chi connectivity index (χ1v) is 11.7. The Labute approximate surface area is 204 Å². The summed E-state index contributed by atoms with van der Waals surface area (Å²) in [5.41, 5.74) is 14.8. The van der Waals surface area contributed by atoms with E-state index in [4.69, 9.17) is 15.1 Å². The maximum atomic E-state index is 6.58. The molecule has 0 saturated carbocycles. The third kappa shape index (κ3) is 4.09. The topological polar surface area (TPSA) is 51.5 Å². The van der Waals surface area contributed by atoms with Gasteiger partial charge in [0.2, 0.25) is 0 Å². The van der Waals surface area contributed by atoms with Crippen LogP contribution in [0.3, 0.4) is 0 Å². The predicted octanol–water partition coefficient (Wildman–Crippen LogP) is 7.83. The zero-order chi connectivity index (χ0) is 23.6. The Balaban J connectivity index is 1.41. The Morgan fingerprint density at radius 3 is 1.89 bits per heavy atom. The van der Waals surface area contributed by atoms with Crippen LogP contribution in [0.25, 0.3) is 44.2 Å². The van der Waals surface area contributed by atoms with E-state index in [1.807, 2.05) is 30.3 Å². The molecule has 5 aromatic carbocycles. The highest BCUT2D eigenvalue weighted by Crippen LogP contribution is 2.31. The lowest BCUT2D eigenvalue weighted by Gasteiger charge is -2.11. The standard InChI is InChI=1S/C32H24N2O/c33-32(34-21-24-14-9-16-29-28-15-7-8-17-30(28)35-31(24)29)27-19-25(22-10-3-1-4-11-22)18-26(20-27)23-12-5-2-6-13-23/h1-20H,21H2,(H2,33,34). The van der Waals surface area contributed by atoms with E-state index in [0.717, 1.165) is 55.3 Å². The van der Waals surface area contributed by atoms with Crippen LogP contribution in [0.2, 0.25) is 0 Å². The molecule has 1 heterocycles. The molecule has 35 heavy (non-hydrogen) atoms. The van der Waals surface area contributed by atoms with Crippen LogP contribution in [-0.2, 0) is 6.54 Å². The summed E-state index contributed by atoms with van der Waals surface area (Å²) in [5, 5.41) is 2.22. The first-order valence-electron chi connectivity index (χ1n) is 11.7. The molecule has 0 radical (unpaired) electrons. The van der Waals surface area contributed by atoms with E-state index in [9.17, 15) is 0 Å². The van der Waals surface area contributed by atoms with Crippen LogP contribution in [0, 0.1) is 0 Å². The van der Waals surface area contributed by atoms with Crippen molar-refractivity contribution in [1.82, 2.24) is 0 Å². The molecular formula is C32H24N2O. The fraction of sp³-hybridized carbons (Fsp3) is 0.0312. The van der Waals surface area contributed by atoms with E-state index in [1.54, 1.807) is 0 Å². The summed E-state index contributed by atoms with van der Waals surface area (Å²) >= 11 is 0. The van der Waals surface area contributed by atoms with E-state index >= 15 is 0 Å². The number of hydrogen-bond donors (Lipinski definition) is 1. The largest absolute Gasteiger partial charge is 0.456 e. The molecule has 1 aromatic heterocycles. The maximum Gasteiger partial charge on any atom is 0.140 e. The SMILES string of the molecule is NC(=NCc1cccc2c1oc1ccccc12)c1cc(-c2ccccc2)cc(-c2ccccc2)c1. The molecule has 3 nitrogen and oxygen atoms in total. The van der Waals surface area contributed by atoms with Crippen LogP contribution in [-0.4, -0.2) is 5.84 Å². The van der Waals surface area contributed by atoms with Gasteiger partial charge in [-0.2, -0.15) is 0 Å². The fourth-order valence-electron chi connectivity index (χ4n) is 4.56. The van der Waals surface area contributed by atoms with Crippen molar-refractivity contribution in [3.8, 4) is 22.3 Å². The van der Waals surface area contributed by atoms with Gasteiger partial charge in [0.1, 0.15) is 17.0 Å². The molecule has 0 spiro atoms. The molecule has 0 saturated heterocycles. The molecule has 0 unspecified atom stereocenters. The normalized spacial score (nSPS) is 11.8. The van der Waals surface area contributed by atoms with Gasteiger partial charge in [0, 0.05) is 21.9 Å². The fourth-order valence-corrected chi connectivity index (χ4v) is 4.56. The number of furan rings is 1. The van der Waals surface area contributed by atoms with E-state index in [-0.39, 0.29) is 0 Å². The number of para-hydroxylation sites is 2. The number of aliphatic imine (C=N–C) groups is 1. The Morgan fingerprint density at radius 1 is 0.600 bits per heavy atom. The smallest absolute Gasteiger partial charge is 0.140 e. The Hall–Kier alpha value is -4.63. The lowest BCUT2D eigenvalue weighted by Crippen LogP contribution is -2.14. The van der Waals surface area contributed by atoms with Gasteiger partial charge in [-0.3, -0.25) is 4.99 Å². The molecule has 0 aliphatic heterocycles. The van der Waals surface area contributed by atoms with Crippen LogP contribution < -0.4 is 5.73 Å². The molecule has 0 atom stereocenters. The van der Waals surface area contributed by atoms with Crippen LogP contribution in [0.5, 0.6) is 0 Å². The minimum atomic E-state index is 0.444. The van der Waals surface area contributed by atoms with Crippen molar-refractivity contribution >= 4 is 27.8 Å². The molecule has 0 bridgehead atoms. The minimum Gasteiger partial charge on any atom is -0.456 e. The second-order valence-electron chi connectivity index (χ2n) is 8.62. The number of nitrogens with zero attached hydrogens (tertiary/aromatic N) is 1.